The van der Waals surface area contributed by atoms with E-state index >= 15 is 0 Å². The highest BCUT2D eigenvalue weighted by atomic mass is 16.6. The second-order valence-electron chi connectivity index (χ2n) is 6.33. The van der Waals surface area contributed by atoms with Gasteiger partial charge in [-0.05, 0) is 56.8 Å². The van der Waals surface area contributed by atoms with Crippen LogP contribution in [0.15, 0.2) is 18.2 Å². The molecule has 1 aliphatic heterocycles. The summed E-state index contributed by atoms with van der Waals surface area (Å²) in [5.74, 6) is 0.176. The fourth-order valence-corrected chi connectivity index (χ4v) is 2.83. The van der Waals surface area contributed by atoms with Crippen LogP contribution in [0.3, 0.4) is 0 Å². The summed E-state index contributed by atoms with van der Waals surface area (Å²) >= 11 is 0. The van der Waals surface area contributed by atoms with Gasteiger partial charge in [-0.1, -0.05) is 0 Å². The molecular formula is C16H22N4O3. The molecule has 1 saturated heterocycles. The van der Waals surface area contributed by atoms with E-state index in [0.717, 1.165) is 38.8 Å². The van der Waals surface area contributed by atoms with E-state index in [2.05, 4.69) is 16.0 Å². The highest BCUT2D eigenvalue weighted by Crippen LogP contribution is 2.31. The fourth-order valence-electron chi connectivity index (χ4n) is 2.83. The van der Waals surface area contributed by atoms with Crippen LogP contribution in [0.25, 0.3) is 0 Å². The third kappa shape index (κ3) is 4.19. The Kier molecular flexibility index (Phi) is 4.76. The quantitative estimate of drug-likeness (QED) is 0.550. The number of amides is 1. The monoisotopic (exact) mass is 318 g/mol. The summed E-state index contributed by atoms with van der Waals surface area (Å²) in [5, 5.41) is 20.6. The van der Waals surface area contributed by atoms with E-state index in [4.69, 9.17) is 0 Å². The van der Waals surface area contributed by atoms with E-state index in [1.807, 2.05) is 0 Å². The van der Waals surface area contributed by atoms with Crippen molar-refractivity contribution in [2.45, 2.75) is 31.7 Å². The number of benzene rings is 1. The van der Waals surface area contributed by atoms with Crippen LogP contribution in [0, 0.1) is 16.0 Å². The van der Waals surface area contributed by atoms with Crippen molar-refractivity contribution in [3.8, 4) is 0 Å². The second kappa shape index (κ2) is 6.95. The summed E-state index contributed by atoms with van der Waals surface area (Å²) in [5.41, 5.74) is 0.788. The average molecular weight is 318 g/mol. The van der Waals surface area contributed by atoms with Gasteiger partial charge in [-0.25, -0.2) is 0 Å². The molecule has 0 spiro atoms. The SMILES string of the molecule is O=C(NCC1CCCNC1)c1ccc(NC2CC2)c([N+](=O)[O-])c1. The summed E-state index contributed by atoms with van der Waals surface area (Å²) < 4.78 is 0. The van der Waals surface area contributed by atoms with Crippen molar-refractivity contribution in [2.75, 3.05) is 25.0 Å². The number of nitro groups is 1. The maximum absolute atomic E-state index is 12.2. The van der Waals surface area contributed by atoms with Crippen LogP contribution in [0.4, 0.5) is 11.4 Å². The van der Waals surface area contributed by atoms with Crippen molar-refractivity contribution >= 4 is 17.3 Å². The number of anilines is 1. The lowest BCUT2D eigenvalue weighted by Gasteiger charge is -2.22. The number of carbonyl (C=O) groups excluding carboxylic acids is 1. The molecule has 23 heavy (non-hydrogen) atoms. The Morgan fingerprint density at radius 2 is 2.17 bits per heavy atom. The zero-order chi connectivity index (χ0) is 16.2. The third-order valence-corrected chi connectivity index (χ3v) is 4.34. The number of nitro benzene ring substituents is 1. The molecule has 1 aromatic carbocycles. The van der Waals surface area contributed by atoms with Crippen LogP contribution in [-0.4, -0.2) is 36.5 Å². The minimum Gasteiger partial charge on any atom is -0.377 e. The lowest BCUT2D eigenvalue weighted by molar-refractivity contribution is -0.384. The van der Waals surface area contributed by atoms with Crippen molar-refractivity contribution in [3.05, 3.63) is 33.9 Å². The van der Waals surface area contributed by atoms with Crippen molar-refractivity contribution < 1.29 is 9.72 Å². The van der Waals surface area contributed by atoms with Crippen LogP contribution < -0.4 is 16.0 Å². The molecule has 1 saturated carbocycles. The van der Waals surface area contributed by atoms with Gasteiger partial charge >= 0.3 is 0 Å². The zero-order valence-corrected chi connectivity index (χ0v) is 13.0. The lowest BCUT2D eigenvalue weighted by atomic mass is 9.99. The molecule has 2 aliphatic rings. The van der Waals surface area contributed by atoms with E-state index in [0.29, 0.717) is 29.8 Å². The molecule has 124 valence electrons. The highest BCUT2D eigenvalue weighted by molar-refractivity contribution is 5.95. The van der Waals surface area contributed by atoms with Crippen LogP contribution in [0.2, 0.25) is 0 Å². The highest BCUT2D eigenvalue weighted by Gasteiger charge is 2.25. The van der Waals surface area contributed by atoms with Gasteiger partial charge in [0.25, 0.3) is 11.6 Å². The van der Waals surface area contributed by atoms with E-state index in [1.165, 1.54) is 6.07 Å². The lowest BCUT2D eigenvalue weighted by Crippen LogP contribution is -2.38. The molecule has 0 aromatic heterocycles. The Morgan fingerprint density at radius 1 is 1.35 bits per heavy atom. The van der Waals surface area contributed by atoms with Gasteiger partial charge in [0, 0.05) is 24.2 Å². The van der Waals surface area contributed by atoms with E-state index in [1.54, 1.807) is 12.1 Å². The summed E-state index contributed by atoms with van der Waals surface area (Å²) in [4.78, 5) is 23.0. The molecule has 1 aliphatic carbocycles. The predicted molar refractivity (Wildman–Crippen MR) is 87.7 cm³/mol. The van der Waals surface area contributed by atoms with Gasteiger partial charge in [0.1, 0.15) is 5.69 Å². The van der Waals surface area contributed by atoms with Crippen molar-refractivity contribution in [3.63, 3.8) is 0 Å². The maximum Gasteiger partial charge on any atom is 0.293 e. The largest absolute Gasteiger partial charge is 0.377 e. The summed E-state index contributed by atoms with van der Waals surface area (Å²) in [6, 6.07) is 4.96. The predicted octanol–water partition coefficient (Wildman–Crippen LogP) is 1.90. The smallest absolute Gasteiger partial charge is 0.293 e. The number of hydrogen-bond acceptors (Lipinski definition) is 5. The molecule has 1 amide bonds. The molecule has 0 bridgehead atoms. The molecule has 0 radical (unpaired) electrons. The van der Waals surface area contributed by atoms with Crippen molar-refractivity contribution in [2.24, 2.45) is 5.92 Å². The first-order chi connectivity index (χ1) is 11.1. The van der Waals surface area contributed by atoms with E-state index in [9.17, 15) is 14.9 Å². The summed E-state index contributed by atoms with van der Waals surface area (Å²) in [6.07, 6.45) is 4.29. The Morgan fingerprint density at radius 3 is 2.83 bits per heavy atom. The van der Waals surface area contributed by atoms with Crippen LogP contribution in [0.1, 0.15) is 36.0 Å². The second-order valence-corrected chi connectivity index (χ2v) is 6.33. The number of nitrogens with one attached hydrogen (secondary N) is 3. The maximum atomic E-state index is 12.2. The molecule has 7 nitrogen and oxygen atoms in total. The summed E-state index contributed by atoms with van der Waals surface area (Å²) in [6.45, 7) is 2.54. The third-order valence-electron chi connectivity index (χ3n) is 4.34. The number of piperidine rings is 1. The van der Waals surface area contributed by atoms with Crippen molar-refractivity contribution in [1.29, 1.82) is 0 Å². The molecule has 3 N–H and O–H groups in total. The molecule has 1 unspecified atom stereocenters. The normalized spacial score (nSPS) is 20.8. The summed E-state index contributed by atoms with van der Waals surface area (Å²) in [7, 11) is 0. The molecule has 1 heterocycles. The Bertz CT molecular complexity index is 595. The average Bonchev–Trinajstić information content (AvgIpc) is 3.37. The van der Waals surface area contributed by atoms with Crippen molar-refractivity contribution in [1.82, 2.24) is 10.6 Å². The number of carbonyl (C=O) groups is 1. The van der Waals surface area contributed by atoms with Gasteiger partial charge in [-0.15, -0.1) is 0 Å². The topological polar surface area (TPSA) is 96.3 Å². The van der Waals surface area contributed by atoms with Gasteiger partial charge in [0.2, 0.25) is 0 Å². The molecule has 7 heteroatoms. The Hall–Kier alpha value is -2.15. The van der Waals surface area contributed by atoms with Gasteiger partial charge < -0.3 is 16.0 Å². The van der Waals surface area contributed by atoms with Crippen LogP contribution in [0.5, 0.6) is 0 Å². The number of nitrogens with zero attached hydrogens (tertiary/aromatic N) is 1. The zero-order valence-electron chi connectivity index (χ0n) is 13.0. The molecule has 3 rings (SSSR count). The Balaban J connectivity index is 1.64. The first-order valence-electron chi connectivity index (χ1n) is 8.17. The van der Waals surface area contributed by atoms with Crippen LogP contribution in [-0.2, 0) is 0 Å². The van der Waals surface area contributed by atoms with Crippen LogP contribution >= 0.6 is 0 Å². The van der Waals surface area contributed by atoms with Gasteiger partial charge in [0.15, 0.2) is 0 Å². The van der Waals surface area contributed by atoms with Gasteiger partial charge in [-0.2, -0.15) is 0 Å². The standard InChI is InChI=1S/C16H22N4O3/c21-16(18-10-11-2-1-7-17-9-11)12-3-6-14(19-13-4-5-13)15(8-12)20(22)23/h3,6,8,11,13,17,19H,1-2,4-5,7,9-10H2,(H,18,21). The first-order valence-corrected chi connectivity index (χ1v) is 8.17. The molecule has 1 aromatic rings. The first kappa shape index (κ1) is 15.7. The number of rotatable bonds is 6. The fraction of sp³-hybridized carbons (Fsp3) is 0.562. The minimum absolute atomic E-state index is 0.0381. The van der Waals surface area contributed by atoms with Gasteiger partial charge in [0.05, 0.1) is 4.92 Å². The number of hydrogen-bond donors (Lipinski definition) is 3. The molecule has 1 atom stereocenters. The van der Waals surface area contributed by atoms with E-state index in [-0.39, 0.29) is 11.6 Å². The minimum atomic E-state index is -0.438. The molecular weight excluding hydrogens is 296 g/mol. The van der Waals surface area contributed by atoms with Gasteiger partial charge in [-0.3, -0.25) is 14.9 Å². The van der Waals surface area contributed by atoms with E-state index < -0.39 is 4.92 Å². The Labute approximate surface area is 135 Å². The molecule has 2 fully saturated rings.